The Morgan fingerprint density at radius 3 is 2.32 bits per heavy atom. The normalized spacial score (nSPS) is 10.1. The zero-order valence-corrected chi connectivity index (χ0v) is 13.0. The Morgan fingerprint density at radius 1 is 1.09 bits per heavy atom. The predicted octanol–water partition coefficient (Wildman–Crippen LogP) is 2.49. The van der Waals surface area contributed by atoms with Crippen LogP contribution in [0, 0.1) is 0 Å². The van der Waals surface area contributed by atoms with Crippen molar-refractivity contribution in [1.82, 2.24) is 4.98 Å². The van der Waals surface area contributed by atoms with Gasteiger partial charge in [0.25, 0.3) is 0 Å². The van der Waals surface area contributed by atoms with Crippen LogP contribution in [0.1, 0.15) is 29.9 Å². The third kappa shape index (κ3) is 4.49. The van der Waals surface area contributed by atoms with Crippen molar-refractivity contribution in [3.05, 3.63) is 40.9 Å². The van der Waals surface area contributed by atoms with E-state index >= 15 is 0 Å². The molecule has 6 nitrogen and oxygen atoms in total. The highest BCUT2D eigenvalue weighted by Crippen LogP contribution is 2.16. The first-order chi connectivity index (χ1) is 10.4. The molecule has 0 unspecified atom stereocenters. The number of benzene rings is 1. The molecule has 1 heterocycles. The van der Waals surface area contributed by atoms with Crippen LogP contribution in [-0.4, -0.2) is 22.6 Å². The van der Waals surface area contributed by atoms with Crippen molar-refractivity contribution in [3.63, 3.8) is 0 Å². The lowest BCUT2D eigenvalue weighted by Crippen LogP contribution is -2.14. The minimum atomic E-state index is -0.211. The largest absolute Gasteiger partial charge is 0.326 e. The van der Waals surface area contributed by atoms with Gasteiger partial charge in [0.15, 0.2) is 10.9 Å². The lowest BCUT2D eigenvalue weighted by Gasteiger charge is -2.05. The van der Waals surface area contributed by atoms with Crippen LogP contribution in [0.4, 0.5) is 10.8 Å². The maximum atomic E-state index is 11.9. The van der Waals surface area contributed by atoms with Gasteiger partial charge < -0.3 is 10.6 Å². The lowest BCUT2D eigenvalue weighted by molar-refractivity contribution is -0.116. The zero-order chi connectivity index (χ0) is 16.1. The van der Waals surface area contributed by atoms with Gasteiger partial charge in [0, 0.05) is 24.9 Å². The Bertz CT molecular complexity index is 707. The summed E-state index contributed by atoms with van der Waals surface area (Å²) in [6.07, 6.45) is 0.190. The van der Waals surface area contributed by atoms with Gasteiger partial charge in [-0.15, -0.1) is 11.3 Å². The number of hydrogen-bond acceptors (Lipinski definition) is 5. The Kier molecular flexibility index (Phi) is 5.00. The van der Waals surface area contributed by atoms with Crippen LogP contribution >= 0.6 is 11.3 Å². The summed E-state index contributed by atoms with van der Waals surface area (Å²) in [7, 11) is 0. The first-order valence-corrected chi connectivity index (χ1v) is 7.45. The van der Waals surface area contributed by atoms with Crippen LogP contribution in [0.15, 0.2) is 29.6 Å². The van der Waals surface area contributed by atoms with Gasteiger partial charge in [0.1, 0.15) is 5.69 Å². The number of anilines is 2. The third-order valence-electron chi connectivity index (χ3n) is 2.75. The molecule has 0 aliphatic rings. The summed E-state index contributed by atoms with van der Waals surface area (Å²) < 4.78 is 0. The summed E-state index contributed by atoms with van der Waals surface area (Å²) in [4.78, 5) is 38.0. The van der Waals surface area contributed by atoms with E-state index in [2.05, 4.69) is 15.6 Å². The summed E-state index contributed by atoms with van der Waals surface area (Å²) in [6, 6.07) is 7.02. The average Bonchev–Trinajstić information content (AvgIpc) is 2.89. The molecule has 1 aromatic heterocycles. The Morgan fingerprint density at radius 2 is 1.77 bits per heavy atom. The molecule has 114 valence electrons. The van der Waals surface area contributed by atoms with E-state index in [1.807, 2.05) is 0 Å². The second-order valence-corrected chi connectivity index (χ2v) is 5.56. The minimum absolute atomic E-state index is 0.134. The highest BCUT2D eigenvalue weighted by molar-refractivity contribution is 7.14. The molecule has 0 saturated heterocycles. The SMILES string of the molecule is CC(=O)Nc1ccc(CC(=O)Nc2nc(C(C)=O)cs2)cc1. The van der Waals surface area contributed by atoms with Gasteiger partial charge in [-0.05, 0) is 17.7 Å². The second kappa shape index (κ2) is 6.95. The molecule has 0 atom stereocenters. The van der Waals surface area contributed by atoms with E-state index in [1.165, 1.54) is 25.2 Å². The number of rotatable bonds is 5. The molecule has 2 amide bonds. The molecule has 1 aromatic carbocycles. The molecule has 2 aromatic rings. The van der Waals surface area contributed by atoms with E-state index in [1.54, 1.807) is 29.6 Å². The number of carbonyl (C=O) groups excluding carboxylic acids is 3. The number of nitrogens with zero attached hydrogens (tertiary/aromatic N) is 1. The predicted molar refractivity (Wildman–Crippen MR) is 85.2 cm³/mol. The molecule has 0 bridgehead atoms. The van der Waals surface area contributed by atoms with Crippen molar-refractivity contribution in [3.8, 4) is 0 Å². The molecule has 0 spiro atoms. The third-order valence-corrected chi connectivity index (χ3v) is 3.51. The summed E-state index contributed by atoms with van der Waals surface area (Å²) in [5.74, 6) is -0.488. The van der Waals surface area contributed by atoms with Crippen molar-refractivity contribution in [2.75, 3.05) is 10.6 Å². The lowest BCUT2D eigenvalue weighted by atomic mass is 10.1. The molecular formula is C15H15N3O3S. The maximum absolute atomic E-state index is 11.9. The smallest absolute Gasteiger partial charge is 0.230 e. The number of carbonyl (C=O) groups is 3. The maximum Gasteiger partial charge on any atom is 0.230 e. The van der Waals surface area contributed by atoms with Crippen molar-refractivity contribution in [2.24, 2.45) is 0 Å². The minimum Gasteiger partial charge on any atom is -0.326 e. The van der Waals surface area contributed by atoms with E-state index in [9.17, 15) is 14.4 Å². The quantitative estimate of drug-likeness (QED) is 0.829. The number of Topliss-reactive ketones (excluding diaryl/α,β-unsaturated/α-hetero) is 1. The van der Waals surface area contributed by atoms with E-state index in [-0.39, 0.29) is 24.0 Å². The van der Waals surface area contributed by atoms with Gasteiger partial charge in [-0.25, -0.2) is 4.98 Å². The Labute approximate surface area is 131 Å². The topological polar surface area (TPSA) is 88.2 Å². The molecule has 0 aliphatic carbocycles. The van der Waals surface area contributed by atoms with Crippen molar-refractivity contribution < 1.29 is 14.4 Å². The van der Waals surface area contributed by atoms with Gasteiger partial charge in [-0.3, -0.25) is 14.4 Å². The number of ketones is 1. The average molecular weight is 317 g/mol. The standard InChI is InChI=1S/C15H15N3O3S/c1-9(19)13-8-22-15(17-13)18-14(21)7-11-3-5-12(6-4-11)16-10(2)20/h3-6,8H,7H2,1-2H3,(H,16,20)(H,17,18,21). The summed E-state index contributed by atoms with van der Waals surface area (Å²) >= 11 is 1.21. The van der Waals surface area contributed by atoms with Gasteiger partial charge in [0.05, 0.1) is 6.42 Å². The van der Waals surface area contributed by atoms with Gasteiger partial charge in [0.2, 0.25) is 11.8 Å². The molecule has 0 aliphatic heterocycles. The zero-order valence-electron chi connectivity index (χ0n) is 12.2. The van der Waals surface area contributed by atoms with E-state index in [0.29, 0.717) is 16.5 Å². The van der Waals surface area contributed by atoms with Crippen molar-refractivity contribution in [2.45, 2.75) is 20.3 Å². The first kappa shape index (κ1) is 15.8. The molecule has 2 N–H and O–H groups in total. The van der Waals surface area contributed by atoms with Crippen LogP contribution < -0.4 is 10.6 Å². The second-order valence-electron chi connectivity index (χ2n) is 4.70. The van der Waals surface area contributed by atoms with Gasteiger partial charge in [-0.2, -0.15) is 0 Å². The number of hydrogen-bond donors (Lipinski definition) is 2. The molecule has 0 radical (unpaired) electrons. The van der Waals surface area contributed by atoms with Crippen LogP contribution in [0.3, 0.4) is 0 Å². The van der Waals surface area contributed by atoms with Crippen molar-refractivity contribution in [1.29, 1.82) is 0 Å². The van der Waals surface area contributed by atoms with Crippen LogP contribution in [-0.2, 0) is 16.0 Å². The van der Waals surface area contributed by atoms with E-state index < -0.39 is 0 Å². The number of thiazole rings is 1. The van der Waals surface area contributed by atoms with Crippen LogP contribution in [0.5, 0.6) is 0 Å². The molecule has 7 heteroatoms. The molecule has 0 saturated carbocycles. The van der Waals surface area contributed by atoms with Gasteiger partial charge in [-0.1, -0.05) is 12.1 Å². The van der Waals surface area contributed by atoms with E-state index in [0.717, 1.165) is 5.56 Å². The monoisotopic (exact) mass is 317 g/mol. The fourth-order valence-electron chi connectivity index (χ4n) is 1.75. The number of nitrogens with one attached hydrogen (secondary N) is 2. The summed E-state index contributed by atoms with van der Waals surface area (Å²) in [5.41, 5.74) is 1.84. The van der Waals surface area contributed by atoms with Crippen molar-refractivity contribution >= 4 is 39.8 Å². The number of aromatic nitrogens is 1. The van der Waals surface area contributed by atoms with Gasteiger partial charge >= 0.3 is 0 Å². The highest BCUT2D eigenvalue weighted by Gasteiger charge is 2.09. The molecule has 2 rings (SSSR count). The molecule has 22 heavy (non-hydrogen) atoms. The summed E-state index contributed by atoms with van der Waals surface area (Å²) in [5, 5.41) is 7.34. The first-order valence-electron chi connectivity index (χ1n) is 6.57. The highest BCUT2D eigenvalue weighted by atomic mass is 32.1. The Hall–Kier alpha value is -2.54. The fraction of sp³-hybridized carbons (Fsp3) is 0.200. The summed E-state index contributed by atoms with van der Waals surface area (Å²) in [6.45, 7) is 2.86. The molecular weight excluding hydrogens is 302 g/mol. The Balaban J connectivity index is 1.93. The van der Waals surface area contributed by atoms with Crippen LogP contribution in [0.2, 0.25) is 0 Å². The fourth-order valence-corrected chi connectivity index (χ4v) is 2.52. The van der Waals surface area contributed by atoms with Crippen LogP contribution in [0.25, 0.3) is 0 Å². The number of amides is 2. The van der Waals surface area contributed by atoms with E-state index in [4.69, 9.17) is 0 Å². The molecule has 0 fully saturated rings.